The molecule has 0 bridgehead atoms. The molecule has 0 N–H and O–H groups in total. The summed E-state index contributed by atoms with van der Waals surface area (Å²) in [4.78, 5) is 24.0. The van der Waals surface area contributed by atoms with Crippen molar-refractivity contribution in [2.75, 3.05) is 31.1 Å². The van der Waals surface area contributed by atoms with Gasteiger partial charge in [0.1, 0.15) is 23.5 Å². The van der Waals surface area contributed by atoms with E-state index < -0.39 is 11.6 Å². The molecule has 5 nitrogen and oxygen atoms in total. The SMILES string of the molecule is C=CC(=O)N1CCN(c2ncnc3c(F)c(-c4c(F)cccc4C(C)C)c(Cl)cc23)CC1. The first kappa shape index (κ1) is 22.1. The number of carbonyl (C=O) groups excluding carboxylic acids is 1. The number of fused-ring (bicyclic) bond motifs is 1. The summed E-state index contributed by atoms with van der Waals surface area (Å²) in [7, 11) is 0. The topological polar surface area (TPSA) is 49.3 Å². The Morgan fingerprint density at radius 3 is 2.53 bits per heavy atom. The molecule has 0 radical (unpaired) electrons. The number of carbonyl (C=O) groups is 1. The summed E-state index contributed by atoms with van der Waals surface area (Å²) < 4.78 is 30.6. The molecule has 8 heteroatoms. The Morgan fingerprint density at radius 1 is 1.16 bits per heavy atom. The van der Waals surface area contributed by atoms with Crippen molar-refractivity contribution in [3.05, 3.63) is 65.5 Å². The van der Waals surface area contributed by atoms with Gasteiger partial charge in [0, 0.05) is 42.7 Å². The van der Waals surface area contributed by atoms with Crippen molar-refractivity contribution in [1.29, 1.82) is 0 Å². The Balaban J connectivity index is 1.81. The fourth-order valence-corrected chi connectivity index (χ4v) is 4.44. The second-order valence-electron chi connectivity index (χ2n) is 8.02. The average molecular weight is 457 g/mol. The van der Waals surface area contributed by atoms with Crippen LogP contribution in [0, 0.1) is 11.6 Å². The van der Waals surface area contributed by atoms with Crippen LogP contribution in [0.25, 0.3) is 22.0 Å². The van der Waals surface area contributed by atoms with Crippen LogP contribution in [0.15, 0.2) is 43.2 Å². The standard InChI is InChI=1S/C24H23ClF2N4O/c1-4-19(32)30-8-10-31(11-9-30)24-16-12-17(25)21(22(27)23(16)28-13-29-24)20-15(14(2)3)6-5-7-18(20)26/h4-7,12-14H,1,8-11H2,2-3H3. The predicted molar refractivity (Wildman–Crippen MR) is 123 cm³/mol. The summed E-state index contributed by atoms with van der Waals surface area (Å²) in [6.45, 7) is 9.40. The van der Waals surface area contributed by atoms with Crippen LogP contribution in [0.2, 0.25) is 5.02 Å². The van der Waals surface area contributed by atoms with Gasteiger partial charge >= 0.3 is 0 Å². The van der Waals surface area contributed by atoms with Crippen molar-refractivity contribution in [2.24, 2.45) is 0 Å². The smallest absolute Gasteiger partial charge is 0.246 e. The number of piperazine rings is 1. The monoisotopic (exact) mass is 456 g/mol. The Labute approximate surface area is 190 Å². The molecular formula is C24H23ClF2N4O. The van der Waals surface area contributed by atoms with Gasteiger partial charge in [0.05, 0.1) is 5.02 Å². The molecule has 32 heavy (non-hydrogen) atoms. The van der Waals surface area contributed by atoms with E-state index in [-0.39, 0.29) is 33.5 Å². The van der Waals surface area contributed by atoms with E-state index in [0.717, 1.165) is 0 Å². The lowest BCUT2D eigenvalue weighted by Gasteiger charge is -2.35. The van der Waals surface area contributed by atoms with E-state index in [1.165, 1.54) is 18.5 Å². The van der Waals surface area contributed by atoms with Gasteiger partial charge in [-0.2, -0.15) is 0 Å². The van der Waals surface area contributed by atoms with Gasteiger partial charge in [-0.3, -0.25) is 4.79 Å². The van der Waals surface area contributed by atoms with Crippen LogP contribution >= 0.6 is 11.6 Å². The second-order valence-corrected chi connectivity index (χ2v) is 8.42. The van der Waals surface area contributed by atoms with Crippen molar-refractivity contribution in [3.63, 3.8) is 0 Å². The lowest BCUT2D eigenvalue weighted by molar-refractivity contribution is -0.126. The summed E-state index contributed by atoms with van der Waals surface area (Å²) >= 11 is 6.54. The lowest BCUT2D eigenvalue weighted by atomic mass is 9.91. The average Bonchev–Trinajstić information content (AvgIpc) is 2.79. The summed E-state index contributed by atoms with van der Waals surface area (Å²) in [5.74, 6) is -0.827. The van der Waals surface area contributed by atoms with Gasteiger partial charge in [0.25, 0.3) is 0 Å². The fraction of sp³-hybridized carbons (Fsp3) is 0.292. The highest BCUT2D eigenvalue weighted by Crippen LogP contribution is 2.41. The van der Waals surface area contributed by atoms with Crippen LogP contribution in [-0.4, -0.2) is 47.0 Å². The number of anilines is 1. The van der Waals surface area contributed by atoms with E-state index in [4.69, 9.17) is 11.6 Å². The van der Waals surface area contributed by atoms with Gasteiger partial charge < -0.3 is 9.80 Å². The Kier molecular flexibility index (Phi) is 6.11. The largest absolute Gasteiger partial charge is 0.352 e. The van der Waals surface area contributed by atoms with Crippen LogP contribution in [-0.2, 0) is 4.79 Å². The maximum absolute atomic E-state index is 15.8. The van der Waals surface area contributed by atoms with Gasteiger partial charge in [-0.05, 0) is 29.7 Å². The van der Waals surface area contributed by atoms with E-state index in [9.17, 15) is 9.18 Å². The third-order valence-corrected chi connectivity index (χ3v) is 6.08. The summed E-state index contributed by atoms with van der Waals surface area (Å²) in [6.07, 6.45) is 2.59. The first-order chi connectivity index (χ1) is 15.3. The van der Waals surface area contributed by atoms with Gasteiger partial charge in [-0.1, -0.05) is 44.2 Å². The minimum atomic E-state index is -0.677. The molecule has 0 aliphatic carbocycles. The molecule has 2 aromatic carbocycles. The van der Waals surface area contributed by atoms with Crippen molar-refractivity contribution < 1.29 is 13.6 Å². The molecule has 0 atom stereocenters. The zero-order chi connectivity index (χ0) is 23.0. The van der Waals surface area contributed by atoms with Crippen molar-refractivity contribution in [2.45, 2.75) is 19.8 Å². The molecule has 1 amide bonds. The van der Waals surface area contributed by atoms with E-state index in [1.54, 1.807) is 23.1 Å². The number of aromatic nitrogens is 2. The zero-order valence-electron chi connectivity index (χ0n) is 17.9. The molecule has 3 aromatic rings. The van der Waals surface area contributed by atoms with Crippen LogP contribution < -0.4 is 4.90 Å². The Hall–Kier alpha value is -3.06. The molecule has 0 spiro atoms. The normalized spacial score (nSPS) is 14.3. The third-order valence-electron chi connectivity index (χ3n) is 5.78. The summed E-state index contributed by atoms with van der Waals surface area (Å²) in [5, 5.41) is 0.545. The molecule has 1 aromatic heterocycles. The summed E-state index contributed by atoms with van der Waals surface area (Å²) in [6, 6.07) is 6.29. The first-order valence-electron chi connectivity index (χ1n) is 10.4. The molecule has 1 aliphatic rings. The number of nitrogens with zero attached hydrogens (tertiary/aromatic N) is 4. The molecule has 1 fully saturated rings. The third kappa shape index (κ3) is 3.81. The van der Waals surface area contributed by atoms with Crippen LogP contribution in [0.3, 0.4) is 0 Å². The Bertz CT molecular complexity index is 1210. The number of hydrogen-bond acceptors (Lipinski definition) is 4. The number of halogens is 3. The maximum Gasteiger partial charge on any atom is 0.246 e. The van der Waals surface area contributed by atoms with Crippen molar-refractivity contribution >= 4 is 34.2 Å². The fourth-order valence-electron chi connectivity index (χ4n) is 4.15. The van der Waals surface area contributed by atoms with E-state index in [1.807, 2.05) is 18.7 Å². The van der Waals surface area contributed by atoms with E-state index in [0.29, 0.717) is 42.9 Å². The van der Waals surface area contributed by atoms with Crippen molar-refractivity contribution in [1.82, 2.24) is 14.9 Å². The molecule has 166 valence electrons. The van der Waals surface area contributed by atoms with Gasteiger partial charge in [0.15, 0.2) is 5.82 Å². The lowest BCUT2D eigenvalue weighted by Crippen LogP contribution is -2.48. The van der Waals surface area contributed by atoms with Gasteiger partial charge in [0.2, 0.25) is 5.91 Å². The maximum atomic E-state index is 15.8. The molecule has 1 saturated heterocycles. The van der Waals surface area contributed by atoms with Gasteiger partial charge in [-0.25, -0.2) is 18.7 Å². The van der Waals surface area contributed by atoms with E-state index >= 15 is 4.39 Å². The number of amides is 1. The second kappa shape index (κ2) is 8.82. The predicted octanol–water partition coefficient (Wildman–Crippen LogP) is 5.19. The highest BCUT2D eigenvalue weighted by atomic mass is 35.5. The summed E-state index contributed by atoms with van der Waals surface area (Å²) in [5.41, 5.74) is 0.912. The van der Waals surface area contributed by atoms with E-state index in [2.05, 4.69) is 16.5 Å². The zero-order valence-corrected chi connectivity index (χ0v) is 18.7. The Morgan fingerprint density at radius 2 is 1.88 bits per heavy atom. The minimum Gasteiger partial charge on any atom is -0.352 e. The molecule has 2 heterocycles. The van der Waals surface area contributed by atoms with Crippen LogP contribution in [0.1, 0.15) is 25.3 Å². The molecule has 4 rings (SSSR count). The van der Waals surface area contributed by atoms with Crippen molar-refractivity contribution in [3.8, 4) is 11.1 Å². The van der Waals surface area contributed by atoms with Crippen LogP contribution in [0.4, 0.5) is 14.6 Å². The molecule has 0 unspecified atom stereocenters. The number of hydrogen-bond donors (Lipinski definition) is 0. The highest BCUT2D eigenvalue weighted by molar-refractivity contribution is 6.34. The van der Waals surface area contributed by atoms with Gasteiger partial charge in [-0.15, -0.1) is 0 Å². The minimum absolute atomic E-state index is 0.00650. The molecule has 0 saturated carbocycles. The molecule has 1 aliphatic heterocycles. The first-order valence-corrected chi connectivity index (χ1v) is 10.8. The number of benzene rings is 2. The molecular weight excluding hydrogens is 434 g/mol. The van der Waals surface area contributed by atoms with Crippen LogP contribution in [0.5, 0.6) is 0 Å². The quantitative estimate of drug-likeness (QED) is 0.507. The highest BCUT2D eigenvalue weighted by Gasteiger charge is 2.26. The number of rotatable bonds is 4.